The maximum atomic E-state index is 13.4. The van der Waals surface area contributed by atoms with Gasteiger partial charge >= 0.3 is 5.97 Å². The molecule has 0 spiro atoms. The van der Waals surface area contributed by atoms with E-state index in [1.165, 1.54) is 0 Å². The molecule has 1 aliphatic heterocycles. The Labute approximate surface area is 207 Å². The van der Waals surface area contributed by atoms with Crippen molar-refractivity contribution in [2.24, 2.45) is 0 Å². The van der Waals surface area contributed by atoms with Crippen LogP contribution in [0.25, 0.3) is 0 Å². The first-order chi connectivity index (χ1) is 16.9. The zero-order valence-electron chi connectivity index (χ0n) is 20.9. The molecule has 6 heteroatoms. The first-order valence-corrected chi connectivity index (χ1v) is 12.2. The zero-order chi connectivity index (χ0) is 24.9. The molecular formula is C29H33NO5. The molecule has 2 atom stereocenters. The van der Waals surface area contributed by atoms with Crippen molar-refractivity contribution >= 4 is 11.8 Å². The van der Waals surface area contributed by atoms with Gasteiger partial charge in [-0.3, -0.25) is 4.79 Å². The molecule has 2 unspecified atom stereocenters. The summed E-state index contributed by atoms with van der Waals surface area (Å²) in [6, 6.07) is 15.5. The number of methoxy groups -OCH3 is 1. The number of dihydropyridines is 1. The highest BCUT2D eigenvalue weighted by Crippen LogP contribution is 2.44. The summed E-state index contributed by atoms with van der Waals surface area (Å²) in [6.07, 6.45) is 2.53. The fourth-order valence-electron chi connectivity index (χ4n) is 4.64. The van der Waals surface area contributed by atoms with E-state index in [0.717, 1.165) is 35.4 Å². The van der Waals surface area contributed by atoms with E-state index in [4.69, 9.17) is 14.2 Å². The molecule has 184 valence electrons. The SMILES string of the molecule is CCC(C)OC(=O)C1=C(C)NC2=C(C(=O)CCC2)C1c1ccc(OC)c(OCc2ccccc2)c1. The molecule has 6 nitrogen and oxygen atoms in total. The van der Waals surface area contributed by atoms with Crippen molar-refractivity contribution in [2.75, 3.05) is 7.11 Å². The largest absolute Gasteiger partial charge is 0.493 e. The van der Waals surface area contributed by atoms with Crippen molar-refractivity contribution in [3.05, 3.63) is 82.2 Å². The van der Waals surface area contributed by atoms with Gasteiger partial charge in [-0.1, -0.05) is 43.3 Å². The highest BCUT2D eigenvalue weighted by Gasteiger charge is 2.39. The molecule has 1 N–H and O–H groups in total. The summed E-state index contributed by atoms with van der Waals surface area (Å²) < 4.78 is 17.4. The lowest BCUT2D eigenvalue weighted by molar-refractivity contribution is -0.144. The van der Waals surface area contributed by atoms with Crippen LogP contribution in [0, 0.1) is 0 Å². The molecule has 2 aromatic rings. The van der Waals surface area contributed by atoms with Crippen LogP contribution >= 0.6 is 0 Å². The minimum absolute atomic E-state index is 0.0626. The Balaban J connectivity index is 1.76. The lowest BCUT2D eigenvalue weighted by atomic mass is 9.75. The maximum absolute atomic E-state index is 13.4. The summed E-state index contributed by atoms with van der Waals surface area (Å²) in [5.41, 5.74) is 4.57. The van der Waals surface area contributed by atoms with Crippen LogP contribution in [0.4, 0.5) is 0 Å². The molecule has 0 amide bonds. The summed E-state index contributed by atoms with van der Waals surface area (Å²) in [7, 11) is 1.60. The Morgan fingerprint density at radius 2 is 1.89 bits per heavy atom. The van der Waals surface area contributed by atoms with Gasteiger partial charge in [-0.2, -0.15) is 0 Å². The third kappa shape index (κ3) is 5.26. The number of carbonyl (C=O) groups is 2. The number of hydrogen-bond acceptors (Lipinski definition) is 6. The van der Waals surface area contributed by atoms with E-state index in [0.29, 0.717) is 42.1 Å². The van der Waals surface area contributed by atoms with Gasteiger partial charge in [-0.05, 0) is 56.4 Å². The first-order valence-electron chi connectivity index (χ1n) is 12.2. The molecule has 1 heterocycles. The van der Waals surface area contributed by atoms with Gasteiger partial charge in [0.2, 0.25) is 0 Å². The minimum atomic E-state index is -0.527. The van der Waals surface area contributed by atoms with Gasteiger partial charge in [0.25, 0.3) is 0 Å². The standard InChI is InChI=1S/C29H33NO5/c1-5-18(2)35-29(32)26-19(3)30-22-12-9-13-23(31)28(22)27(26)21-14-15-24(33-4)25(16-21)34-17-20-10-7-6-8-11-20/h6-8,10-11,14-16,18,27,30H,5,9,12-13,17H2,1-4H3. The van der Waals surface area contributed by atoms with E-state index >= 15 is 0 Å². The predicted octanol–water partition coefficient (Wildman–Crippen LogP) is 5.58. The van der Waals surface area contributed by atoms with Crippen molar-refractivity contribution in [1.82, 2.24) is 5.32 Å². The average molecular weight is 476 g/mol. The lowest BCUT2D eigenvalue weighted by Gasteiger charge is -2.34. The predicted molar refractivity (Wildman–Crippen MR) is 134 cm³/mol. The number of benzene rings is 2. The van der Waals surface area contributed by atoms with Crippen LogP contribution in [-0.2, 0) is 20.9 Å². The van der Waals surface area contributed by atoms with Gasteiger partial charge in [0, 0.05) is 29.3 Å². The van der Waals surface area contributed by atoms with Crippen molar-refractivity contribution < 1.29 is 23.8 Å². The first kappa shape index (κ1) is 24.6. The monoisotopic (exact) mass is 475 g/mol. The molecule has 0 aromatic heterocycles. The van der Waals surface area contributed by atoms with E-state index < -0.39 is 11.9 Å². The fourth-order valence-corrected chi connectivity index (χ4v) is 4.64. The molecule has 2 aromatic carbocycles. The molecule has 0 saturated heterocycles. The minimum Gasteiger partial charge on any atom is -0.493 e. The van der Waals surface area contributed by atoms with Crippen LogP contribution in [0.5, 0.6) is 11.5 Å². The molecule has 0 bridgehead atoms. The topological polar surface area (TPSA) is 73.9 Å². The Morgan fingerprint density at radius 3 is 2.60 bits per heavy atom. The zero-order valence-corrected chi connectivity index (χ0v) is 20.9. The Bertz CT molecular complexity index is 1160. The summed E-state index contributed by atoms with van der Waals surface area (Å²) in [5.74, 6) is 0.285. The van der Waals surface area contributed by atoms with Crippen LogP contribution in [-0.4, -0.2) is 25.0 Å². The number of rotatable bonds is 8. The molecule has 0 saturated carbocycles. The number of ketones is 1. The second-order valence-electron chi connectivity index (χ2n) is 9.07. The number of carbonyl (C=O) groups excluding carboxylic acids is 2. The molecule has 4 rings (SSSR count). The smallest absolute Gasteiger partial charge is 0.337 e. The van der Waals surface area contributed by atoms with Crippen molar-refractivity contribution in [3.8, 4) is 11.5 Å². The van der Waals surface area contributed by atoms with E-state index in [9.17, 15) is 9.59 Å². The molecule has 1 aliphatic carbocycles. The van der Waals surface area contributed by atoms with Gasteiger partial charge < -0.3 is 19.5 Å². The Hall–Kier alpha value is -3.54. The average Bonchev–Trinajstić information content (AvgIpc) is 2.87. The third-order valence-electron chi connectivity index (χ3n) is 6.64. The second-order valence-corrected chi connectivity index (χ2v) is 9.07. The van der Waals surface area contributed by atoms with Gasteiger partial charge in [-0.15, -0.1) is 0 Å². The second kappa shape index (κ2) is 10.8. The van der Waals surface area contributed by atoms with Crippen LogP contribution in [0.2, 0.25) is 0 Å². The lowest BCUT2D eigenvalue weighted by Crippen LogP contribution is -2.35. The van der Waals surface area contributed by atoms with Gasteiger partial charge in [0.1, 0.15) is 6.61 Å². The van der Waals surface area contributed by atoms with Crippen LogP contribution in [0.3, 0.4) is 0 Å². The Kier molecular flexibility index (Phi) is 7.59. The van der Waals surface area contributed by atoms with Gasteiger partial charge in [0.15, 0.2) is 17.3 Å². The third-order valence-corrected chi connectivity index (χ3v) is 6.64. The number of allylic oxidation sites excluding steroid dienone is 3. The normalized spacial score (nSPS) is 18.5. The molecule has 35 heavy (non-hydrogen) atoms. The summed E-state index contributed by atoms with van der Waals surface area (Å²) in [5, 5.41) is 3.34. The fraction of sp³-hybridized carbons (Fsp3) is 0.379. The number of esters is 1. The van der Waals surface area contributed by atoms with Crippen LogP contribution < -0.4 is 14.8 Å². The van der Waals surface area contributed by atoms with Gasteiger partial charge in [0.05, 0.1) is 18.8 Å². The molecular weight excluding hydrogens is 442 g/mol. The molecule has 0 fully saturated rings. The van der Waals surface area contributed by atoms with E-state index in [1.54, 1.807) is 7.11 Å². The molecule has 0 radical (unpaired) electrons. The number of ether oxygens (including phenoxy) is 3. The highest BCUT2D eigenvalue weighted by molar-refractivity contribution is 6.03. The number of hydrogen-bond donors (Lipinski definition) is 1. The maximum Gasteiger partial charge on any atom is 0.337 e. The van der Waals surface area contributed by atoms with Crippen LogP contribution in [0.15, 0.2) is 71.1 Å². The number of Topliss-reactive ketones (excluding diaryl/α,β-unsaturated/α-hetero) is 1. The van der Waals surface area contributed by atoms with E-state index in [1.807, 2.05) is 69.3 Å². The van der Waals surface area contributed by atoms with Crippen LogP contribution in [0.1, 0.15) is 63.5 Å². The van der Waals surface area contributed by atoms with Crippen molar-refractivity contribution in [2.45, 2.75) is 65.1 Å². The van der Waals surface area contributed by atoms with E-state index in [2.05, 4.69) is 5.32 Å². The molecule has 2 aliphatic rings. The number of nitrogens with one attached hydrogen (secondary N) is 1. The Morgan fingerprint density at radius 1 is 1.11 bits per heavy atom. The summed E-state index contributed by atoms with van der Waals surface area (Å²) >= 11 is 0. The van der Waals surface area contributed by atoms with Crippen molar-refractivity contribution in [3.63, 3.8) is 0 Å². The van der Waals surface area contributed by atoms with E-state index in [-0.39, 0.29) is 11.9 Å². The summed E-state index contributed by atoms with van der Waals surface area (Å²) in [4.78, 5) is 26.5. The van der Waals surface area contributed by atoms with Crippen molar-refractivity contribution in [1.29, 1.82) is 0 Å². The highest BCUT2D eigenvalue weighted by atomic mass is 16.5. The van der Waals surface area contributed by atoms with Gasteiger partial charge in [-0.25, -0.2) is 4.79 Å². The summed E-state index contributed by atoms with van der Waals surface area (Å²) in [6.45, 7) is 6.09. The quantitative estimate of drug-likeness (QED) is 0.502.